The van der Waals surface area contributed by atoms with Crippen LogP contribution in [0, 0.1) is 0 Å². The van der Waals surface area contributed by atoms with Gasteiger partial charge in [0.05, 0.1) is 0 Å². The Labute approximate surface area is 70.8 Å². The lowest BCUT2D eigenvalue weighted by Crippen LogP contribution is -2.30. The molecule has 0 aromatic carbocycles. The predicted octanol–water partition coefficient (Wildman–Crippen LogP) is 0.192. The van der Waals surface area contributed by atoms with Crippen LogP contribution in [0.5, 0.6) is 0 Å². The van der Waals surface area contributed by atoms with E-state index in [-0.39, 0.29) is 0 Å². The minimum atomic E-state index is 0.809. The second kappa shape index (κ2) is 2.63. The Bertz CT molecular complexity index is 425. The molecule has 1 heterocycles. The highest BCUT2D eigenvalue weighted by Gasteiger charge is 2.02. The van der Waals surface area contributed by atoms with Crippen molar-refractivity contribution in [1.29, 1.82) is 0 Å². The molecule has 1 aliphatic carbocycles. The van der Waals surface area contributed by atoms with Gasteiger partial charge in [-0.15, -0.1) is 0 Å². The standard InChI is InChI=1S/C10H11NO/c1-11-6-8(7-12)9-4-2-3-5-10(9)11/h4-7H,2-3H2,1H3. The Morgan fingerprint density at radius 2 is 2.17 bits per heavy atom. The molecule has 0 N–H and O–H groups in total. The SMILES string of the molecule is Cn1cc(C=O)c2c1=CCCC=2. The summed E-state index contributed by atoms with van der Waals surface area (Å²) in [5.74, 6) is 0. The third-order valence-electron chi connectivity index (χ3n) is 2.28. The predicted molar refractivity (Wildman–Crippen MR) is 48.2 cm³/mol. The molecule has 0 amide bonds. The summed E-state index contributed by atoms with van der Waals surface area (Å²) >= 11 is 0. The lowest BCUT2D eigenvalue weighted by molar-refractivity contribution is 0.112. The molecule has 2 heteroatoms. The fourth-order valence-corrected chi connectivity index (χ4v) is 1.70. The van der Waals surface area contributed by atoms with E-state index in [0.29, 0.717) is 0 Å². The van der Waals surface area contributed by atoms with Gasteiger partial charge in [-0.1, -0.05) is 12.2 Å². The molecule has 0 bridgehead atoms. The quantitative estimate of drug-likeness (QED) is 0.539. The van der Waals surface area contributed by atoms with Crippen LogP contribution in [0.1, 0.15) is 23.2 Å². The number of rotatable bonds is 1. The highest BCUT2D eigenvalue weighted by Crippen LogP contribution is 1.96. The number of aromatic nitrogens is 1. The molecular formula is C10H11NO. The van der Waals surface area contributed by atoms with Gasteiger partial charge < -0.3 is 4.57 Å². The summed E-state index contributed by atoms with van der Waals surface area (Å²) in [7, 11) is 1.97. The number of nitrogens with zero attached hydrogens (tertiary/aromatic N) is 1. The molecule has 12 heavy (non-hydrogen) atoms. The van der Waals surface area contributed by atoms with Gasteiger partial charge in [0.1, 0.15) is 0 Å². The van der Waals surface area contributed by atoms with Crippen LogP contribution in [-0.4, -0.2) is 10.9 Å². The highest BCUT2D eigenvalue weighted by atomic mass is 16.1. The van der Waals surface area contributed by atoms with Crippen molar-refractivity contribution in [3.05, 3.63) is 22.3 Å². The maximum Gasteiger partial charge on any atom is 0.152 e. The molecule has 0 aliphatic heterocycles. The van der Waals surface area contributed by atoms with Crippen LogP contribution in [0.4, 0.5) is 0 Å². The first kappa shape index (κ1) is 7.35. The fraction of sp³-hybridized carbons (Fsp3) is 0.300. The van der Waals surface area contributed by atoms with Crippen molar-refractivity contribution in [2.75, 3.05) is 0 Å². The summed E-state index contributed by atoms with van der Waals surface area (Å²) in [4.78, 5) is 10.6. The van der Waals surface area contributed by atoms with E-state index in [1.54, 1.807) is 0 Å². The molecular weight excluding hydrogens is 150 g/mol. The third-order valence-corrected chi connectivity index (χ3v) is 2.28. The van der Waals surface area contributed by atoms with E-state index < -0.39 is 0 Å². The van der Waals surface area contributed by atoms with Crippen molar-refractivity contribution in [2.45, 2.75) is 12.8 Å². The van der Waals surface area contributed by atoms with Crippen LogP contribution >= 0.6 is 0 Å². The number of aldehydes is 1. The van der Waals surface area contributed by atoms with Crippen molar-refractivity contribution in [1.82, 2.24) is 4.57 Å². The van der Waals surface area contributed by atoms with Gasteiger partial charge in [-0.2, -0.15) is 0 Å². The Morgan fingerprint density at radius 1 is 1.42 bits per heavy atom. The first-order valence-electron chi connectivity index (χ1n) is 4.14. The molecule has 0 unspecified atom stereocenters. The number of fused-ring (bicyclic) bond motifs is 1. The van der Waals surface area contributed by atoms with Crippen molar-refractivity contribution < 1.29 is 4.79 Å². The van der Waals surface area contributed by atoms with Crippen molar-refractivity contribution in [3.63, 3.8) is 0 Å². The average Bonchev–Trinajstić information content (AvgIpc) is 2.44. The second-order valence-corrected chi connectivity index (χ2v) is 3.10. The van der Waals surface area contributed by atoms with Gasteiger partial charge in [-0.3, -0.25) is 4.79 Å². The minimum Gasteiger partial charge on any atom is -0.350 e. The van der Waals surface area contributed by atoms with Gasteiger partial charge in [-0.05, 0) is 12.8 Å². The van der Waals surface area contributed by atoms with Crippen LogP contribution in [0.2, 0.25) is 0 Å². The van der Waals surface area contributed by atoms with E-state index in [4.69, 9.17) is 0 Å². The number of hydrogen-bond donors (Lipinski definition) is 0. The Balaban J connectivity index is 2.88. The summed E-state index contributed by atoms with van der Waals surface area (Å²) in [5, 5.41) is 2.29. The van der Waals surface area contributed by atoms with Crippen molar-refractivity contribution in [2.24, 2.45) is 7.05 Å². The second-order valence-electron chi connectivity index (χ2n) is 3.10. The zero-order valence-electron chi connectivity index (χ0n) is 7.08. The lowest BCUT2D eigenvalue weighted by Gasteiger charge is -1.96. The zero-order chi connectivity index (χ0) is 8.55. The van der Waals surface area contributed by atoms with Gasteiger partial charge in [-0.25, -0.2) is 0 Å². The van der Waals surface area contributed by atoms with Crippen LogP contribution in [-0.2, 0) is 7.05 Å². The number of aryl methyl sites for hydroxylation is 1. The largest absolute Gasteiger partial charge is 0.350 e. The van der Waals surface area contributed by atoms with Gasteiger partial charge in [0.15, 0.2) is 6.29 Å². The molecule has 0 saturated carbocycles. The molecule has 2 rings (SSSR count). The highest BCUT2D eigenvalue weighted by molar-refractivity contribution is 5.75. The molecule has 1 aromatic rings. The smallest absolute Gasteiger partial charge is 0.152 e. The van der Waals surface area contributed by atoms with E-state index in [9.17, 15) is 4.79 Å². The summed E-state index contributed by atoms with van der Waals surface area (Å²) in [6.45, 7) is 0. The number of hydrogen-bond acceptors (Lipinski definition) is 1. The molecule has 0 radical (unpaired) electrons. The Hall–Kier alpha value is -1.31. The molecule has 0 atom stereocenters. The normalized spacial score (nSPS) is 14.4. The number of carbonyl (C=O) groups is 1. The molecule has 0 saturated heterocycles. The van der Waals surface area contributed by atoms with Gasteiger partial charge >= 0.3 is 0 Å². The van der Waals surface area contributed by atoms with Crippen LogP contribution in [0.3, 0.4) is 0 Å². The van der Waals surface area contributed by atoms with Crippen molar-refractivity contribution in [3.8, 4) is 0 Å². The monoisotopic (exact) mass is 161 g/mol. The molecule has 0 fully saturated rings. The molecule has 62 valence electrons. The van der Waals surface area contributed by atoms with Crippen LogP contribution < -0.4 is 10.6 Å². The maximum atomic E-state index is 10.6. The van der Waals surface area contributed by atoms with E-state index in [2.05, 4.69) is 12.2 Å². The average molecular weight is 161 g/mol. The molecule has 0 spiro atoms. The lowest BCUT2D eigenvalue weighted by atomic mass is 10.1. The van der Waals surface area contributed by atoms with E-state index in [1.807, 2.05) is 17.8 Å². The summed E-state index contributed by atoms with van der Waals surface area (Å²) < 4.78 is 2.01. The third kappa shape index (κ3) is 0.916. The topological polar surface area (TPSA) is 22.0 Å². The molecule has 1 aliphatic rings. The first-order chi connectivity index (χ1) is 5.83. The minimum absolute atomic E-state index is 0.809. The maximum absolute atomic E-state index is 10.6. The summed E-state index contributed by atoms with van der Waals surface area (Å²) in [6.07, 6.45) is 9.27. The van der Waals surface area contributed by atoms with Gasteiger partial charge in [0.25, 0.3) is 0 Å². The summed E-state index contributed by atoms with van der Waals surface area (Å²) in [5.41, 5.74) is 0.809. The van der Waals surface area contributed by atoms with Crippen LogP contribution in [0.25, 0.3) is 12.2 Å². The fourth-order valence-electron chi connectivity index (χ4n) is 1.70. The van der Waals surface area contributed by atoms with E-state index in [0.717, 1.165) is 29.9 Å². The summed E-state index contributed by atoms with van der Waals surface area (Å²) in [6, 6.07) is 0. The molecule has 1 aromatic heterocycles. The van der Waals surface area contributed by atoms with Crippen LogP contribution in [0.15, 0.2) is 6.20 Å². The zero-order valence-corrected chi connectivity index (χ0v) is 7.08. The Kier molecular flexibility index (Phi) is 1.61. The number of carbonyl (C=O) groups excluding carboxylic acids is 1. The Morgan fingerprint density at radius 3 is 2.92 bits per heavy atom. The van der Waals surface area contributed by atoms with Gasteiger partial charge in [0.2, 0.25) is 0 Å². The van der Waals surface area contributed by atoms with E-state index >= 15 is 0 Å². The van der Waals surface area contributed by atoms with Gasteiger partial charge in [0, 0.05) is 29.4 Å². The molecule has 2 nitrogen and oxygen atoms in total. The van der Waals surface area contributed by atoms with E-state index in [1.165, 1.54) is 5.35 Å². The van der Waals surface area contributed by atoms with Crippen molar-refractivity contribution >= 4 is 18.4 Å². The first-order valence-corrected chi connectivity index (χ1v) is 4.14.